The molecule has 6 unspecified atom stereocenters. The summed E-state index contributed by atoms with van der Waals surface area (Å²) in [5, 5.41) is 7.36. The Balaban J connectivity index is 1.54. The maximum absolute atomic E-state index is 3.77. The first-order valence-corrected chi connectivity index (χ1v) is 5.75. The van der Waals surface area contributed by atoms with Gasteiger partial charge in [-0.05, 0) is 44.1 Å². The maximum Gasteiger partial charge on any atom is 0.0117 e. The van der Waals surface area contributed by atoms with Crippen molar-refractivity contribution in [2.24, 2.45) is 17.8 Å². The molecule has 0 aromatic carbocycles. The van der Waals surface area contributed by atoms with Crippen LogP contribution in [0.4, 0.5) is 0 Å². The number of hydrogen-bond donors (Lipinski definition) is 2. The van der Waals surface area contributed by atoms with Gasteiger partial charge in [-0.2, -0.15) is 0 Å². The first-order chi connectivity index (χ1) is 6.25. The van der Waals surface area contributed by atoms with Crippen LogP contribution in [0.3, 0.4) is 0 Å². The lowest BCUT2D eigenvalue weighted by Crippen LogP contribution is -2.49. The zero-order valence-electron chi connectivity index (χ0n) is 8.59. The van der Waals surface area contributed by atoms with Crippen LogP contribution in [-0.4, -0.2) is 24.7 Å². The molecule has 13 heavy (non-hydrogen) atoms. The number of hydrogen-bond acceptors (Lipinski definition) is 2. The van der Waals surface area contributed by atoms with Crippen LogP contribution in [0.1, 0.15) is 26.7 Å². The molecule has 2 saturated heterocycles. The fourth-order valence-corrected chi connectivity index (χ4v) is 3.27. The fraction of sp³-hybridized carbons (Fsp3) is 1.00. The first-order valence-electron chi connectivity index (χ1n) is 5.75. The largest absolute Gasteiger partial charge is 0.313 e. The van der Waals surface area contributed by atoms with Gasteiger partial charge in [0.25, 0.3) is 0 Å². The molecule has 2 saturated carbocycles. The molecule has 0 aromatic heterocycles. The summed E-state index contributed by atoms with van der Waals surface area (Å²) in [4.78, 5) is 0. The van der Waals surface area contributed by atoms with E-state index in [1.54, 1.807) is 0 Å². The lowest BCUT2D eigenvalue weighted by Gasteiger charge is -2.39. The highest BCUT2D eigenvalue weighted by molar-refractivity contribution is 5.07. The molecule has 2 nitrogen and oxygen atoms in total. The van der Waals surface area contributed by atoms with E-state index in [1.165, 1.54) is 19.4 Å². The number of fused-ring (bicyclic) bond motifs is 1. The van der Waals surface area contributed by atoms with Gasteiger partial charge in [0.2, 0.25) is 0 Å². The van der Waals surface area contributed by atoms with Crippen LogP contribution in [-0.2, 0) is 0 Å². The second-order valence-corrected chi connectivity index (χ2v) is 5.36. The molecule has 0 radical (unpaired) electrons. The van der Waals surface area contributed by atoms with Crippen molar-refractivity contribution in [3.63, 3.8) is 0 Å². The van der Waals surface area contributed by atoms with Gasteiger partial charge in [0.15, 0.2) is 0 Å². The van der Waals surface area contributed by atoms with Gasteiger partial charge in [-0.15, -0.1) is 0 Å². The van der Waals surface area contributed by atoms with Crippen molar-refractivity contribution >= 4 is 0 Å². The summed E-state index contributed by atoms with van der Waals surface area (Å²) in [5.41, 5.74) is 0. The van der Waals surface area contributed by atoms with E-state index in [-0.39, 0.29) is 0 Å². The zero-order chi connectivity index (χ0) is 9.00. The van der Waals surface area contributed by atoms with Crippen molar-refractivity contribution in [3.05, 3.63) is 0 Å². The van der Waals surface area contributed by atoms with Crippen molar-refractivity contribution in [1.29, 1.82) is 0 Å². The normalized spacial score (nSPS) is 54.5. The van der Waals surface area contributed by atoms with Gasteiger partial charge in [0, 0.05) is 18.1 Å². The Labute approximate surface area is 80.5 Å². The molecule has 2 N–H and O–H groups in total. The molecule has 2 heteroatoms. The van der Waals surface area contributed by atoms with E-state index in [0.29, 0.717) is 0 Å². The summed E-state index contributed by atoms with van der Waals surface area (Å²) in [6.45, 7) is 6.00. The summed E-state index contributed by atoms with van der Waals surface area (Å²) < 4.78 is 0. The van der Waals surface area contributed by atoms with Crippen molar-refractivity contribution in [2.45, 2.75) is 44.8 Å². The minimum Gasteiger partial charge on any atom is -0.313 e. The van der Waals surface area contributed by atoms with Gasteiger partial charge in [-0.1, -0.05) is 6.92 Å². The Morgan fingerprint density at radius 2 is 2.15 bits per heavy atom. The van der Waals surface area contributed by atoms with Gasteiger partial charge in [-0.25, -0.2) is 0 Å². The fourth-order valence-electron chi connectivity index (χ4n) is 3.27. The van der Waals surface area contributed by atoms with Crippen molar-refractivity contribution in [3.8, 4) is 0 Å². The van der Waals surface area contributed by atoms with Crippen LogP contribution in [0.5, 0.6) is 0 Å². The Hall–Kier alpha value is -0.0800. The summed E-state index contributed by atoms with van der Waals surface area (Å²) in [6, 6.07) is 2.44. The lowest BCUT2D eigenvalue weighted by molar-refractivity contribution is 0.162. The Morgan fingerprint density at radius 1 is 1.38 bits per heavy atom. The van der Waals surface area contributed by atoms with Crippen molar-refractivity contribution in [2.75, 3.05) is 6.54 Å². The third kappa shape index (κ3) is 1.23. The topological polar surface area (TPSA) is 24.1 Å². The smallest absolute Gasteiger partial charge is 0.0117 e. The Kier molecular flexibility index (Phi) is 1.72. The van der Waals surface area contributed by atoms with E-state index in [1.807, 2.05) is 0 Å². The second kappa shape index (κ2) is 2.71. The molecule has 6 atom stereocenters. The van der Waals surface area contributed by atoms with E-state index in [2.05, 4.69) is 24.5 Å². The average molecular weight is 180 g/mol. The molecular weight excluding hydrogens is 160 g/mol. The molecule has 74 valence electrons. The molecule has 2 bridgehead atoms. The minimum absolute atomic E-state index is 0.744. The number of nitrogens with one attached hydrogen (secondary N) is 2. The summed E-state index contributed by atoms with van der Waals surface area (Å²) in [6.07, 6.45) is 2.84. The third-order valence-electron chi connectivity index (χ3n) is 4.37. The van der Waals surface area contributed by atoms with Crippen LogP contribution in [0, 0.1) is 17.8 Å². The first kappa shape index (κ1) is 8.25. The SMILES string of the molecule is CC1CC1NC(C)C1C2CNC1C2. The van der Waals surface area contributed by atoms with Crippen LogP contribution in [0.2, 0.25) is 0 Å². The molecule has 2 heterocycles. The molecule has 4 fully saturated rings. The molecule has 4 rings (SSSR count). The van der Waals surface area contributed by atoms with Crippen LogP contribution in [0.25, 0.3) is 0 Å². The van der Waals surface area contributed by atoms with Gasteiger partial charge in [-0.3, -0.25) is 0 Å². The average Bonchev–Trinajstić information content (AvgIpc) is 2.57. The molecule has 0 amide bonds. The predicted octanol–water partition coefficient (Wildman–Crippen LogP) is 0.981. The van der Waals surface area contributed by atoms with E-state index in [9.17, 15) is 0 Å². The second-order valence-electron chi connectivity index (χ2n) is 5.36. The third-order valence-corrected chi connectivity index (χ3v) is 4.37. The lowest BCUT2D eigenvalue weighted by atomic mass is 9.70. The molecular formula is C11H20N2. The van der Waals surface area contributed by atoms with Crippen LogP contribution < -0.4 is 10.6 Å². The Bertz CT molecular complexity index is 202. The number of rotatable bonds is 3. The van der Waals surface area contributed by atoms with Crippen molar-refractivity contribution in [1.82, 2.24) is 10.6 Å². The molecule has 4 aliphatic rings. The van der Waals surface area contributed by atoms with Gasteiger partial charge in [0.05, 0.1) is 0 Å². The summed E-state index contributed by atoms with van der Waals surface area (Å²) in [7, 11) is 0. The van der Waals surface area contributed by atoms with E-state index < -0.39 is 0 Å². The summed E-state index contributed by atoms with van der Waals surface area (Å²) >= 11 is 0. The quantitative estimate of drug-likeness (QED) is 0.676. The highest BCUT2D eigenvalue weighted by Gasteiger charge is 2.50. The monoisotopic (exact) mass is 180 g/mol. The van der Waals surface area contributed by atoms with Crippen LogP contribution >= 0.6 is 0 Å². The highest BCUT2D eigenvalue weighted by atomic mass is 15.1. The van der Waals surface area contributed by atoms with E-state index in [0.717, 1.165) is 35.9 Å². The predicted molar refractivity (Wildman–Crippen MR) is 53.6 cm³/mol. The van der Waals surface area contributed by atoms with Gasteiger partial charge >= 0.3 is 0 Å². The molecule has 2 aliphatic carbocycles. The van der Waals surface area contributed by atoms with Gasteiger partial charge in [0.1, 0.15) is 0 Å². The molecule has 0 aromatic rings. The zero-order valence-corrected chi connectivity index (χ0v) is 8.59. The minimum atomic E-state index is 0.744. The van der Waals surface area contributed by atoms with E-state index >= 15 is 0 Å². The molecule has 2 aliphatic heterocycles. The van der Waals surface area contributed by atoms with Crippen LogP contribution in [0.15, 0.2) is 0 Å². The summed E-state index contributed by atoms with van der Waals surface area (Å²) in [5.74, 6) is 2.86. The standard InChI is InChI=1S/C11H20N2/c1-6-3-9(6)13-7(2)11-8-4-10(11)12-5-8/h6-13H,3-5H2,1-2H3. The van der Waals surface area contributed by atoms with Crippen molar-refractivity contribution < 1.29 is 0 Å². The van der Waals surface area contributed by atoms with Gasteiger partial charge < -0.3 is 10.6 Å². The molecule has 0 spiro atoms. The van der Waals surface area contributed by atoms with E-state index in [4.69, 9.17) is 0 Å². The maximum atomic E-state index is 3.77. The Morgan fingerprint density at radius 3 is 2.62 bits per heavy atom. The highest BCUT2D eigenvalue weighted by Crippen LogP contribution is 2.43.